The molecular weight excluding hydrogens is 276 g/mol. The van der Waals surface area contributed by atoms with Gasteiger partial charge in [0.05, 0.1) is 11.3 Å². The smallest absolute Gasteiger partial charge is 0.337 e. The molecule has 2 rings (SSSR count). The van der Waals surface area contributed by atoms with Gasteiger partial charge >= 0.3 is 5.97 Å². The Balaban J connectivity index is 2.40. The van der Waals surface area contributed by atoms with Crippen molar-refractivity contribution in [3.05, 3.63) is 47.5 Å². The summed E-state index contributed by atoms with van der Waals surface area (Å²) in [5.41, 5.74) is 5.28. The first-order valence-electron chi connectivity index (χ1n) is 5.85. The Kier molecular flexibility index (Phi) is 3.66. The summed E-state index contributed by atoms with van der Waals surface area (Å²) in [6, 6.07) is 7.73. The van der Waals surface area contributed by atoms with Crippen LogP contribution in [0.1, 0.15) is 20.7 Å². The van der Waals surface area contributed by atoms with Gasteiger partial charge in [-0.3, -0.25) is 4.79 Å². The molecule has 0 fully saturated rings. The van der Waals surface area contributed by atoms with Crippen LogP contribution in [0.2, 0.25) is 0 Å². The van der Waals surface area contributed by atoms with Crippen molar-refractivity contribution in [2.45, 2.75) is 0 Å². The quantitative estimate of drug-likeness (QED) is 0.545. The highest BCUT2D eigenvalue weighted by molar-refractivity contribution is 6.10. The number of anilines is 2. The third-order valence-corrected chi connectivity index (χ3v) is 2.77. The Morgan fingerprint density at radius 1 is 1.05 bits per heavy atom. The lowest BCUT2D eigenvalue weighted by Gasteiger charge is -2.11. The number of aromatic carboxylic acids is 1. The summed E-state index contributed by atoms with van der Waals surface area (Å²) >= 11 is 0. The molecule has 21 heavy (non-hydrogen) atoms. The second-order valence-electron chi connectivity index (χ2n) is 4.24. The van der Waals surface area contributed by atoms with Gasteiger partial charge in [0.2, 0.25) is 0 Å². The van der Waals surface area contributed by atoms with Gasteiger partial charge in [0.15, 0.2) is 0 Å². The number of nitrogens with two attached hydrogens (primary N) is 1. The lowest BCUT2D eigenvalue weighted by molar-refractivity contribution is 0.0698. The van der Waals surface area contributed by atoms with Gasteiger partial charge in [0, 0.05) is 5.69 Å². The minimum atomic E-state index is -1.24. The van der Waals surface area contributed by atoms with Gasteiger partial charge in [-0.25, -0.2) is 4.79 Å². The number of carboxylic acid groups (broad SMARTS) is 1. The molecule has 2 aromatic carbocycles. The molecule has 6 N–H and O–H groups in total. The Morgan fingerprint density at radius 2 is 1.67 bits per heavy atom. The molecule has 0 saturated carbocycles. The number of aromatic hydroxyl groups is 2. The van der Waals surface area contributed by atoms with Crippen molar-refractivity contribution in [1.29, 1.82) is 0 Å². The summed E-state index contributed by atoms with van der Waals surface area (Å²) in [6.45, 7) is 0. The van der Waals surface area contributed by atoms with Gasteiger partial charge in [-0.1, -0.05) is 6.07 Å². The van der Waals surface area contributed by atoms with Crippen molar-refractivity contribution in [1.82, 2.24) is 0 Å². The highest BCUT2D eigenvalue weighted by Crippen LogP contribution is 2.28. The lowest BCUT2D eigenvalue weighted by atomic mass is 10.1. The van der Waals surface area contributed by atoms with Crippen LogP contribution in [0, 0.1) is 0 Å². The average Bonchev–Trinajstić information content (AvgIpc) is 2.38. The van der Waals surface area contributed by atoms with Crippen LogP contribution >= 0.6 is 0 Å². The van der Waals surface area contributed by atoms with Crippen LogP contribution in [0.5, 0.6) is 11.5 Å². The maximum atomic E-state index is 12.1. The maximum Gasteiger partial charge on any atom is 0.337 e. The van der Waals surface area contributed by atoms with Crippen LogP contribution in [-0.2, 0) is 0 Å². The third-order valence-electron chi connectivity index (χ3n) is 2.77. The highest BCUT2D eigenvalue weighted by Gasteiger charge is 2.19. The van der Waals surface area contributed by atoms with Gasteiger partial charge < -0.3 is 26.4 Å². The molecule has 0 bridgehead atoms. The van der Waals surface area contributed by atoms with E-state index in [-0.39, 0.29) is 22.5 Å². The van der Waals surface area contributed by atoms with Gasteiger partial charge in [0.1, 0.15) is 17.1 Å². The molecule has 7 heteroatoms. The van der Waals surface area contributed by atoms with Crippen molar-refractivity contribution in [2.24, 2.45) is 0 Å². The average molecular weight is 288 g/mol. The van der Waals surface area contributed by atoms with Gasteiger partial charge in [-0.2, -0.15) is 0 Å². The minimum Gasteiger partial charge on any atom is -0.507 e. The minimum absolute atomic E-state index is 0.0323. The van der Waals surface area contributed by atoms with Crippen LogP contribution < -0.4 is 11.1 Å². The van der Waals surface area contributed by atoms with Crippen molar-refractivity contribution in [3.8, 4) is 11.5 Å². The molecule has 0 aromatic heterocycles. The zero-order chi connectivity index (χ0) is 15.6. The Morgan fingerprint density at radius 3 is 2.24 bits per heavy atom. The largest absolute Gasteiger partial charge is 0.507 e. The fourth-order valence-corrected chi connectivity index (χ4v) is 1.80. The van der Waals surface area contributed by atoms with E-state index in [0.29, 0.717) is 0 Å². The summed E-state index contributed by atoms with van der Waals surface area (Å²) in [5, 5.41) is 30.6. The van der Waals surface area contributed by atoms with Crippen LogP contribution in [-0.4, -0.2) is 27.2 Å². The fourth-order valence-electron chi connectivity index (χ4n) is 1.80. The van der Waals surface area contributed by atoms with Crippen molar-refractivity contribution >= 4 is 23.3 Å². The highest BCUT2D eigenvalue weighted by atomic mass is 16.4. The first kappa shape index (κ1) is 14.2. The van der Waals surface area contributed by atoms with E-state index in [1.54, 1.807) is 0 Å². The van der Waals surface area contributed by atoms with Gasteiger partial charge in [0.25, 0.3) is 5.91 Å². The summed E-state index contributed by atoms with van der Waals surface area (Å²) in [6.07, 6.45) is 0. The molecule has 1 amide bonds. The van der Waals surface area contributed by atoms with E-state index in [4.69, 9.17) is 10.8 Å². The lowest BCUT2D eigenvalue weighted by Crippen LogP contribution is -2.15. The Bertz CT molecular complexity index is 707. The molecule has 0 spiro atoms. The standard InChI is InChI=1S/C14H12N2O5/c15-7-4-5-8(14(20)21)9(6-7)16-13(19)12-10(17)2-1-3-11(12)18/h1-6,17-18H,15H2,(H,16,19)(H,20,21). The molecule has 2 aromatic rings. The predicted molar refractivity (Wildman–Crippen MR) is 75.5 cm³/mol. The SMILES string of the molecule is Nc1ccc(C(=O)O)c(NC(=O)c2c(O)cccc2O)c1. The van der Waals surface area contributed by atoms with E-state index in [1.807, 2.05) is 0 Å². The molecule has 108 valence electrons. The second kappa shape index (κ2) is 5.41. The number of hydrogen-bond donors (Lipinski definition) is 5. The Labute approximate surface area is 119 Å². The van der Waals surface area contributed by atoms with Crippen LogP contribution in [0.25, 0.3) is 0 Å². The molecular formula is C14H12N2O5. The van der Waals surface area contributed by atoms with E-state index in [2.05, 4.69) is 5.32 Å². The number of amides is 1. The van der Waals surface area contributed by atoms with Crippen molar-refractivity contribution in [3.63, 3.8) is 0 Å². The molecule has 0 saturated heterocycles. The monoisotopic (exact) mass is 288 g/mol. The maximum absolute atomic E-state index is 12.1. The van der Waals surface area contributed by atoms with Crippen LogP contribution in [0.4, 0.5) is 11.4 Å². The predicted octanol–water partition coefficient (Wildman–Crippen LogP) is 1.63. The van der Waals surface area contributed by atoms with Crippen LogP contribution in [0.3, 0.4) is 0 Å². The molecule has 0 atom stereocenters. The first-order chi connectivity index (χ1) is 9.90. The van der Waals surface area contributed by atoms with E-state index in [9.17, 15) is 19.8 Å². The van der Waals surface area contributed by atoms with Crippen molar-refractivity contribution < 1.29 is 24.9 Å². The summed E-state index contributed by atoms with van der Waals surface area (Å²) in [5.74, 6) is -2.94. The number of hydrogen-bond acceptors (Lipinski definition) is 5. The summed E-state index contributed by atoms with van der Waals surface area (Å²) in [7, 11) is 0. The zero-order valence-electron chi connectivity index (χ0n) is 10.7. The molecule has 0 unspecified atom stereocenters. The summed E-state index contributed by atoms with van der Waals surface area (Å²) < 4.78 is 0. The number of carboxylic acids is 1. The van der Waals surface area contributed by atoms with Gasteiger partial charge in [-0.15, -0.1) is 0 Å². The molecule has 0 aliphatic heterocycles. The molecule has 0 heterocycles. The number of nitrogen functional groups attached to an aromatic ring is 1. The number of benzene rings is 2. The second-order valence-corrected chi connectivity index (χ2v) is 4.24. The molecule has 0 aliphatic rings. The Hall–Kier alpha value is -3.22. The normalized spacial score (nSPS) is 10.1. The molecule has 0 aliphatic carbocycles. The molecule has 0 radical (unpaired) electrons. The van der Waals surface area contributed by atoms with E-state index in [0.717, 1.165) is 0 Å². The first-order valence-corrected chi connectivity index (χ1v) is 5.85. The van der Waals surface area contributed by atoms with Crippen LogP contribution in [0.15, 0.2) is 36.4 Å². The molecule has 7 nitrogen and oxygen atoms in total. The summed E-state index contributed by atoms with van der Waals surface area (Å²) in [4.78, 5) is 23.2. The topological polar surface area (TPSA) is 133 Å². The van der Waals surface area contributed by atoms with Gasteiger partial charge in [-0.05, 0) is 30.3 Å². The number of phenolic OH excluding ortho intramolecular Hbond substituents is 2. The number of carbonyl (C=O) groups excluding carboxylic acids is 1. The van der Waals surface area contributed by atoms with E-state index >= 15 is 0 Å². The number of rotatable bonds is 3. The number of nitrogens with one attached hydrogen (secondary N) is 1. The zero-order valence-corrected chi connectivity index (χ0v) is 10.7. The van der Waals surface area contributed by atoms with E-state index < -0.39 is 23.4 Å². The number of carbonyl (C=O) groups is 2. The van der Waals surface area contributed by atoms with Crippen molar-refractivity contribution in [2.75, 3.05) is 11.1 Å². The number of phenols is 2. The fraction of sp³-hybridized carbons (Fsp3) is 0. The van der Waals surface area contributed by atoms with E-state index in [1.165, 1.54) is 36.4 Å². The third kappa shape index (κ3) is 2.86.